The molecule has 1 unspecified atom stereocenters. The molecule has 0 aliphatic carbocycles. The summed E-state index contributed by atoms with van der Waals surface area (Å²) < 4.78 is 225. The van der Waals surface area contributed by atoms with Gasteiger partial charge in [-0.1, -0.05) is 0 Å². The highest BCUT2D eigenvalue weighted by atomic mass is 19.4. The van der Waals surface area contributed by atoms with E-state index in [1.54, 1.807) is 0 Å². The van der Waals surface area contributed by atoms with Gasteiger partial charge in [-0.05, 0) is 6.92 Å². The van der Waals surface area contributed by atoms with Crippen molar-refractivity contribution >= 4 is 5.97 Å². The Hall–Kier alpha value is -1.76. The molecule has 0 fully saturated rings. The third-order valence-electron chi connectivity index (χ3n) is 3.80. The molecule has 20 heteroatoms. The van der Waals surface area contributed by atoms with Crippen molar-refractivity contribution in [2.45, 2.75) is 67.1 Å². The second-order valence-corrected chi connectivity index (χ2v) is 6.12. The molecule has 0 bridgehead atoms. The van der Waals surface area contributed by atoms with Crippen LogP contribution in [-0.4, -0.2) is 71.4 Å². The molecule has 0 saturated carbocycles. The van der Waals surface area contributed by atoms with Crippen molar-refractivity contribution < 1.29 is 89.3 Å². The van der Waals surface area contributed by atoms with Crippen molar-refractivity contribution in [3.8, 4) is 0 Å². The highest BCUT2D eigenvalue weighted by molar-refractivity contribution is 5.74. The third kappa shape index (κ3) is 4.50. The molecule has 0 aromatic heterocycles. The first-order valence-corrected chi connectivity index (χ1v) is 7.68. The van der Waals surface area contributed by atoms with Crippen molar-refractivity contribution in [3.05, 3.63) is 0 Å². The Morgan fingerprint density at radius 3 is 1.24 bits per heavy atom. The number of hydrogen-bond acceptors (Lipinski definition) is 3. The number of rotatable bonds is 10. The zero-order valence-electron chi connectivity index (χ0n) is 15.2. The summed E-state index contributed by atoms with van der Waals surface area (Å²) in [4.78, 5) is 10.9. The van der Waals surface area contributed by atoms with Gasteiger partial charge in [-0.3, -0.25) is 0 Å². The second kappa shape index (κ2) is 8.47. The summed E-state index contributed by atoms with van der Waals surface area (Å²) in [5, 5.41) is 8.89. The van der Waals surface area contributed by atoms with Gasteiger partial charge in [0.1, 0.15) is 0 Å². The summed E-state index contributed by atoms with van der Waals surface area (Å²) >= 11 is 0. The molecule has 0 amide bonds. The van der Waals surface area contributed by atoms with Crippen LogP contribution in [0.15, 0.2) is 0 Å². The van der Waals surface area contributed by atoms with Gasteiger partial charge in [-0.2, -0.15) is 74.6 Å². The van der Waals surface area contributed by atoms with E-state index in [1.807, 2.05) is 0 Å². The average molecular weight is 536 g/mol. The summed E-state index contributed by atoms with van der Waals surface area (Å²) in [6.45, 7) is 0.159. The Bertz CT molecular complexity index is 711. The van der Waals surface area contributed by atoms with Crippen LogP contribution in [0.1, 0.15) is 13.3 Å². The molecular weight excluding hydrogens is 527 g/mol. The molecule has 33 heavy (non-hydrogen) atoms. The minimum atomic E-state index is -8.73. The van der Waals surface area contributed by atoms with Crippen LogP contribution in [0.5, 0.6) is 0 Å². The standard InChI is InChI=1S/C13H9F17O3/c1-2-33-5(32)4(31)3-6(14,15)7(16,17)8(18,19)9(20,21)10(22,23)11(24,25)12(26,27)13(28,29)30/h4,31H,2-3H2,1H3. The predicted octanol–water partition coefficient (Wildman–Crippen LogP) is 5.31. The summed E-state index contributed by atoms with van der Waals surface area (Å²) in [6.07, 6.45) is -14.6. The van der Waals surface area contributed by atoms with Crippen molar-refractivity contribution in [2.24, 2.45) is 0 Å². The fourth-order valence-electron chi connectivity index (χ4n) is 1.89. The molecule has 0 saturated heterocycles. The van der Waals surface area contributed by atoms with E-state index >= 15 is 0 Å². The number of alkyl halides is 17. The molecular formula is C13H9F17O3. The fourth-order valence-corrected chi connectivity index (χ4v) is 1.89. The minimum absolute atomic E-state index is 0.763. The monoisotopic (exact) mass is 536 g/mol. The van der Waals surface area contributed by atoms with E-state index in [4.69, 9.17) is 5.11 Å². The number of halogens is 17. The van der Waals surface area contributed by atoms with Crippen molar-refractivity contribution in [1.82, 2.24) is 0 Å². The van der Waals surface area contributed by atoms with E-state index in [9.17, 15) is 79.4 Å². The maximum Gasteiger partial charge on any atom is 0.460 e. The summed E-state index contributed by atoms with van der Waals surface area (Å²) in [7, 11) is 0. The largest absolute Gasteiger partial charge is 0.464 e. The number of hydrogen-bond donors (Lipinski definition) is 1. The van der Waals surface area contributed by atoms with Crippen LogP contribution in [0.2, 0.25) is 0 Å². The van der Waals surface area contributed by atoms with Gasteiger partial charge in [-0.15, -0.1) is 0 Å². The Morgan fingerprint density at radius 2 is 0.939 bits per heavy atom. The van der Waals surface area contributed by atoms with E-state index in [0.29, 0.717) is 0 Å². The van der Waals surface area contributed by atoms with Crippen molar-refractivity contribution in [3.63, 3.8) is 0 Å². The number of aliphatic hydroxyl groups is 1. The van der Waals surface area contributed by atoms with Crippen LogP contribution in [-0.2, 0) is 9.53 Å². The Labute approximate surface area is 170 Å². The highest BCUT2D eigenvalue weighted by Gasteiger charge is 2.95. The van der Waals surface area contributed by atoms with Crippen molar-refractivity contribution in [1.29, 1.82) is 0 Å². The lowest BCUT2D eigenvalue weighted by Gasteiger charge is -2.43. The smallest absolute Gasteiger partial charge is 0.460 e. The summed E-state index contributed by atoms with van der Waals surface area (Å²) in [5.74, 6) is -59.8. The predicted molar refractivity (Wildman–Crippen MR) is 67.9 cm³/mol. The molecule has 0 aromatic carbocycles. The summed E-state index contributed by atoms with van der Waals surface area (Å²) in [5.41, 5.74) is 0. The van der Waals surface area contributed by atoms with Gasteiger partial charge in [0.2, 0.25) is 0 Å². The maximum atomic E-state index is 13.5. The van der Waals surface area contributed by atoms with Crippen LogP contribution in [0.4, 0.5) is 74.6 Å². The third-order valence-corrected chi connectivity index (χ3v) is 3.80. The average Bonchev–Trinajstić information content (AvgIpc) is 2.59. The lowest BCUT2D eigenvalue weighted by Crippen LogP contribution is -2.74. The van der Waals surface area contributed by atoms with Gasteiger partial charge >= 0.3 is 53.6 Å². The van der Waals surface area contributed by atoms with Crippen molar-refractivity contribution in [2.75, 3.05) is 6.61 Å². The van der Waals surface area contributed by atoms with Crippen LogP contribution in [0.25, 0.3) is 0 Å². The van der Waals surface area contributed by atoms with E-state index in [0.717, 1.165) is 6.92 Å². The van der Waals surface area contributed by atoms with E-state index in [1.165, 1.54) is 0 Å². The second-order valence-electron chi connectivity index (χ2n) is 6.12. The summed E-state index contributed by atoms with van der Waals surface area (Å²) in [6, 6.07) is 0. The molecule has 0 rings (SSSR count). The van der Waals surface area contributed by atoms with Gasteiger partial charge in [-0.25, -0.2) is 4.79 Å². The molecule has 1 N–H and O–H groups in total. The first-order chi connectivity index (χ1) is 14.1. The normalized spacial score (nSPS) is 16.6. The van der Waals surface area contributed by atoms with E-state index in [2.05, 4.69) is 4.74 Å². The van der Waals surface area contributed by atoms with Gasteiger partial charge in [0, 0.05) is 0 Å². The first kappa shape index (κ1) is 31.2. The number of esters is 1. The van der Waals surface area contributed by atoms with Gasteiger partial charge in [0.15, 0.2) is 6.10 Å². The number of carbonyl (C=O) groups is 1. The SMILES string of the molecule is CCOC(=O)C(O)CC(F)(F)C(F)(F)C(F)(F)C(F)(F)C(F)(F)C(F)(F)C(F)(F)C(F)(F)F. The van der Waals surface area contributed by atoms with Crippen LogP contribution in [0.3, 0.4) is 0 Å². The molecule has 0 heterocycles. The van der Waals surface area contributed by atoms with E-state index in [-0.39, 0.29) is 0 Å². The molecule has 0 aliphatic heterocycles. The molecule has 0 aliphatic rings. The molecule has 1 atom stereocenters. The Balaban J connectivity index is 6.56. The number of carbonyl (C=O) groups excluding carboxylic acids is 1. The number of ether oxygens (including phenoxy) is 1. The zero-order valence-corrected chi connectivity index (χ0v) is 15.2. The van der Waals surface area contributed by atoms with Gasteiger partial charge < -0.3 is 9.84 Å². The molecule has 198 valence electrons. The van der Waals surface area contributed by atoms with E-state index < -0.39 is 72.7 Å². The zero-order chi connectivity index (χ0) is 27.3. The first-order valence-electron chi connectivity index (χ1n) is 7.68. The van der Waals surface area contributed by atoms with Crippen LogP contribution >= 0.6 is 0 Å². The Kier molecular flexibility index (Phi) is 8.02. The number of aliphatic hydroxyl groups excluding tert-OH is 1. The van der Waals surface area contributed by atoms with Crippen LogP contribution in [0, 0.1) is 0 Å². The fraction of sp³-hybridized carbons (Fsp3) is 0.923. The quantitative estimate of drug-likeness (QED) is 0.304. The van der Waals surface area contributed by atoms with Crippen LogP contribution < -0.4 is 0 Å². The highest BCUT2D eigenvalue weighted by Crippen LogP contribution is 2.64. The lowest BCUT2D eigenvalue weighted by molar-refractivity contribution is -0.462. The minimum Gasteiger partial charge on any atom is -0.464 e. The molecule has 0 aromatic rings. The Morgan fingerprint density at radius 1 is 0.636 bits per heavy atom. The lowest BCUT2D eigenvalue weighted by atomic mass is 9.87. The van der Waals surface area contributed by atoms with Gasteiger partial charge in [0.25, 0.3) is 0 Å². The molecule has 0 spiro atoms. The van der Waals surface area contributed by atoms with Gasteiger partial charge in [0.05, 0.1) is 13.0 Å². The topological polar surface area (TPSA) is 46.5 Å². The molecule has 0 radical (unpaired) electrons. The maximum absolute atomic E-state index is 13.5. The molecule has 3 nitrogen and oxygen atoms in total.